The first-order valence-electron chi connectivity index (χ1n) is 12.3. The highest BCUT2D eigenvalue weighted by Gasteiger charge is 2.19. The van der Waals surface area contributed by atoms with Gasteiger partial charge in [0.05, 0.1) is 0 Å². The van der Waals surface area contributed by atoms with E-state index in [0.29, 0.717) is 17.6 Å². The van der Waals surface area contributed by atoms with Crippen LogP contribution in [0.25, 0.3) is 0 Å². The molecule has 3 heteroatoms. The average Bonchev–Trinajstić information content (AvgIpc) is 2.51. The second-order valence-corrected chi connectivity index (χ2v) is 12.1. The molecule has 0 spiro atoms. The molecule has 178 valence electrons. The summed E-state index contributed by atoms with van der Waals surface area (Å²) in [6.07, 6.45) is 9.52. The SMILES string of the molecule is CC(C)(C)NC(C)(C)C.CC(C)(C)NC1CCCCC1.CCC(C)NC(C)CC. The van der Waals surface area contributed by atoms with Crippen molar-refractivity contribution in [1.82, 2.24) is 16.0 Å². The van der Waals surface area contributed by atoms with Crippen LogP contribution < -0.4 is 16.0 Å². The predicted octanol–water partition coefficient (Wildman–Crippen LogP) is 7.05. The smallest absolute Gasteiger partial charge is 0.0101 e. The van der Waals surface area contributed by atoms with Gasteiger partial charge >= 0.3 is 0 Å². The molecule has 0 aliphatic heterocycles. The van der Waals surface area contributed by atoms with Gasteiger partial charge in [0.2, 0.25) is 0 Å². The van der Waals surface area contributed by atoms with E-state index in [1.165, 1.54) is 44.9 Å². The molecule has 2 atom stereocenters. The van der Waals surface area contributed by atoms with Crippen LogP contribution in [-0.2, 0) is 0 Å². The molecule has 1 aliphatic rings. The van der Waals surface area contributed by atoms with Crippen molar-refractivity contribution in [1.29, 1.82) is 0 Å². The maximum atomic E-state index is 3.66. The van der Waals surface area contributed by atoms with Crippen LogP contribution in [0.2, 0.25) is 0 Å². The zero-order valence-corrected chi connectivity index (χ0v) is 22.7. The quantitative estimate of drug-likeness (QED) is 0.452. The standard InChI is InChI=1S/C10H21N.2C8H19N/c1-10(2,3)11-9-7-5-4-6-8-9;1-7(2,3)9-8(4,5)6;1-5-7(3)9-8(4)6-2/h9,11H,4-8H2,1-3H3;9H,1-6H3;7-9H,5-6H2,1-4H3. The van der Waals surface area contributed by atoms with Gasteiger partial charge in [-0.3, -0.25) is 0 Å². The zero-order valence-electron chi connectivity index (χ0n) is 22.7. The van der Waals surface area contributed by atoms with E-state index in [-0.39, 0.29) is 11.1 Å². The van der Waals surface area contributed by atoms with Gasteiger partial charge in [-0.15, -0.1) is 0 Å². The molecule has 3 nitrogen and oxygen atoms in total. The molecule has 0 radical (unpaired) electrons. The molecular formula is C26H59N3. The third-order valence-electron chi connectivity index (χ3n) is 4.79. The van der Waals surface area contributed by atoms with Crippen molar-refractivity contribution in [3.8, 4) is 0 Å². The molecule has 1 aliphatic carbocycles. The second-order valence-electron chi connectivity index (χ2n) is 12.1. The van der Waals surface area contributed by atoms with Crippen molar-refractivity contribution < 1.29 is 0 Å². The average molecular weight is 414 g/mol. The van der Waals surface area contributed by atoms with Crippen molar-refractivity contribution >= 4 is 0 Å². The molecule has 3 N–H and O–H groups in total. The fourth-order valence-electron chi connectivity index (χ4n) is 3.71. The molecule has 0 heterocycles. The molecule has 0 bridgehead atoms. The van der Waals surface area contributed by atoms with Crippen molar-refractivity contribution in [2.24, 2.45) is 0 Å². The van der Waals surface area contributed by atoms with Crippen molar-refractivity contribution in [3.05, 3.63) is 0 Å². The first-order chi connectivity index (χ1) is 13.0. The molecule has 0 aromatic rings. The van der Waals surface area contributed by atoms with Crippen LogP contribution in [0.3, 0.4) is 0 Å². The lowest BCUT2D eigenvalue weighted by atomic mass is 9.93. The number of hydrogen-bond acceptors (Lipinski definition) is 3. The van der Waals surface area contributed by atoms with Crippen LogP contribution in [0.5, 0.6) is 0 Å². The maximum Gasteiger partial charge on any atom is 0.0101 e. The minimum Gasteiger partial charge on any atom is -0.312 e. The highest BCUT2D eigenvalue weighted by molar-refractivity contribution is 4.81. The summed E-state index contributed by atoms with van der Waals surface area (Å²) in [6, 6.07) is 2.16. The zero-order chi connectivity index (χ0) is 23.3. The van der Waals surface area contributed by atoms with Crippen LogP contribution >= 0.6 is 0 Å². The lowest BCUT2D eigenvalue weighted by Gasteiger charge is -2.31. The predicted molar refractivity (Wildman–Crippen MR) is 135 cm³/mol. The highest BCUT2D eigenvalue weighted by atomic mass is 15.0. The van der Waals surface area contributed by atoms with Crippen molar-refractivity contribution in [2.75, 3.05) is 0 Å². The maximum absolute atomic E-state index is 3.66. The molecule has 1 fully saturated rings. The van der Waals surface area contributed by atoms with Crippen LogP contribution in [0.15, 0.2) is 0 Å². The molecule has 0 aromatic heterocycles. The Hall–Kier alpha value is -0.120. The molecule has 0 saturated heterocycles. The Labute approximate surface area is 186 Å². The van der Waals surface area contributed by atoms with E-state index in [0.717, 1.165) is 6.04 Å². The van der Waals surface area contributed by atoms with Gasteiger partial charge < -0.3 is 16.0 Å². The van der Waals surface area contributed by atoms with Crippen LogP contribution in [0, 0.1) is 0 Å². The summed E-state index contributed by atoms with van der Waals surface area (Å²) in [5, 5.41) is 10.6. The Balaban J connectivity index is 0. The molecule has 1 rings (SSSR count). The van der Waals surface area contributed by atoms with Crippen LogP contribution in [-0.4, -0.2) is 34.7 Å². The van der Waals surface area contributed by atoms with Gasteiger partial charge in [-0.2, -0.15) is 0 Å². The van der Waals surface area contributed by atoms with Gasteiger partial charge in [-0.05, 0) is 102 Å². The lowest BCUT2D eigenvalue weighted by molar-refractivity contribution is 0.295. The minimum atomic E-state index is 0.234. The lowest BCUT2D eigenvalue weighted by Crippen LogP contribution is -2.48. The van der Waals surface area contributed by atoms with Gasteiger partial charge in [0.15, 0.2) is 0 Å². The molecular weight excluding hydrogens is 354 g/mol. The van der Waals surface area contributed by atoms with Crippen LogP contribution in [0.1, 0.15) is 135 Å². The Bertz CT molecular complexity index is 345. The number of hydrogen-bond donors (Lipinski definition) is 3. The topological polar surface area (TPSA) is 36.1 Å². The monoisotopic (exact) mass is 413 g/mol. The highest BCUT2D eigenvalue weighted by Crippen LogP contribution is 2.19. The van der Waals surface area contributed by atoms with Crippen LogP contribution in [0.4, 0.5) is 0 Å². The van der Waals surface area contributed by atoms with Gasteiger partial charge in [-0.25, -0.2) is 0 Å². The Kier molecular flexibility index (Phi) is 15.9. The summed E-state index contributed by atoms with van der Waals surface area (Å²) in [4.78, 5) is 0. The molecule has 0 amide bonds. The second kappa shape index (κ2) is 14.8. The number of rotatable bonds is 5. The van der Waals surface area contributed by atoms with Crippen molar-refractivity contribution in [2.45, 2.75) is 170 Å². The first-order valence-corrected chi connectivity index (χ1v) is 12.3. The van der Waals surface area contributed by atoms with E-state index in [2.05, 4.69) is 106 Å². The van der Waals surface area contributed by atoms with E-state index < -0.39 is 0 Å². The van der Waals surface area contributed by atoms with E-state index in [9.17, 15) is 0 Å². The minimum absolute atomic E-state index is 0.234. The molecule has 29 heavy (non-hydrogen) atoms. The third kappa shape index (κ3) is 25.8. The van der Waals surface area contributed by atoms with Gasteiger partial charge in [0.25, 0.3) is 0 Å². The Morgan fingerprint density at radius 3 is 1.28 bits per heavy atom. The van der Waals surface area contributed by atoms with E-state index in [1.54, 1.807) is 0 Å². The van der Waals surface area contributed by atoms with Gasteiger partial charge in [0, 0.05) is 34.7 Å². The summed E-state index contributed by atoms with van der Waals surface area (Å²) in [5.74, 6) is 0. The molecule has 1 saturated carbocycles. The Morgan fingerprint density at radius 1 is 0.655 bits per heavy atom. The summed E-state index contributed by atoms with van der Waals surface area (Å²) in [6.45, 7) is 28.7. The normalized spacial score (nSPS) is 18.1. The Morgan fingerprint density at radius 2 is 1.03 bits per heavy atom. The molecule has 0 aromatic carbocycles. The fourth-order valence-corrected chi connectivity index (χ4v) is 3.71. The van der Waals surface area contributed by atoms with Crippen molar-refractivity contribution in [3.63, 3.8) is 0 Å². The number of nitrogens with one attached hydrogen (secondary N) is 3. The first kappa shape index (κ1) is 31.1. The van der Waals surface area contributed by atoms with E-state index >= 15 is 0 Å². The summed E-state index contributed by atoms with van der Waals surface area (Å²) < 4.78 is 0. The van der Waals surface area contributed by atoms with Gasteiger partial charge in [0.1, 0.15) is 0 Å². The van der Waals surface area contributed by atoms with Gasteiger partial charge in [-0.1, -0.05) is 33.1 Å². The fraction of sp³-hybridized carbons (Fsp3) is 1.00. The summed E-state index contributed by atoms with van der Waals surface area (Å²) in [5.41, 5.74) is 0.776. The van der Waals surface area contributed by atoms with E-state index in [1.807, 2.05) is 0 Å². The van der Waals surface area contributed by atoms with E-state index in [4.69, 9.17) is 0 Å². The molecule has 2 unspecified atom stereocenters. The summed E-state index contributed by atoms with van der Waals surface area (Å²) in [7, 11) is 0. The summed E-state index contributed by atoms with van der Waals surface area (Å²) >= 11 is 0. The third-order valence-corrected chi connectivity index (χ3v) is 4.79. The largest absolute Gasteiger partial charge is 0.312 e.